The van der Waals surface area contributed by atoms with Gasteiger partial charge in [0.2, 0.25) is 0 Å². The van der Waals surface area contributed by atoms with E-state index in [0.717, 1.165) is 24.8 Å². The fourth-order valence-electron chi connectivity index (χ4n) is 3.54. The van der Waals surface area contributed by atoms with E-state index in [9.17, 15) is 14.7 Å². The average Bonchev–Trinajstić information content (AvgIpc) is 2.61. The first kappa shape index (κ1) is 17.5. The Kier molecular flexibility index (Phi) is 5.08. The topological polar surface area (TPSA) is 80.0 Å². The van der Waals surface area contributed by atoms with Gasteiger partial charge in [-0.1, -0.05) is 0 Å². The van der Waals surface area contributed by atoms with Crippen molar-refractivity contribution in [1.29, 1.82) is 0 Å². The molecule has 0 unspecified atom stereocenters. The summed E-state index contributed by atoms with van der Waals surface area (Å²) >= 11 is 0. The molecule has 134 valence electrons. The number of likely N-dealkylation sites (tertiary alicyclic amines) is 1. The number of benzene rings is 1. The van der Waals surface area contributed by atoms with E-state index < -0.39 is 5.63 Å². The van der Waals surface area contributed by atoms with Gasteiger partial charge in [0.15, 0.2) is 5.58 Å². The standard InChI is InChI=1S/C19H23NO5/c1-12-10-14(24-2)17(19(23)20-7-4-3-5-8-20)18-16(12)13(6-9-21)11-15(22)25-18/h10-11,21H,3-9H2,1-2H3. The first-order valence-corrected chi connectivity index (χ1v) is 8.61. The summed E-state index contributed by atoms with van der Waals surface area (Å²) in [6.45, 7) is 3.18. The molecule has 1 N–H and O–H groups in total. The predicted octanol–water partition coefficient (Wildman–Crippen LogP) is 2.27. The van der Waals surface area contributed by atoms with Crippen molar-refractivity contribution in [2.24, 2.45) is 0 Å². The summed E-state index contributed by atoms with van der Waals surface area (Å²) in [6.07, 6.45) is 3.38. The Morgan fingerprint density at radius 1 is 1.28 bits per heavy atom. The number of nitrogens with zero attached hydrogens (tertiary/aromatic N) is 1. The maximum Gasteiger partial charge on any atom is 0.336 e. The molecule has 0 atom stereocenters. The predicted molar refractivity (Wildman–Crippen MR) is 94.3 cm³/mol. The molecule has 0 radical (unpaired) electrons. The molecule has 1 aliphatic rings. The third-order valence-electron chi connectivity index (χ3n) is 4.72. The number of aliphatic hydroxyl groups excluding tert-OH is 1. The third-order valence-corrected chi connectivity index (χ3v) is 4.72. The number of hydrogen-bond donors (Lipinski definition) is 1. The number of methoxy groups -OCH3 is 1. The molecule has 1 fully saturated rings. The number of aryl methyl sites for hydroxylation is 1. The summed E-state index contributed by atoms with van der Waals surface area (Å²) in [4.78, 5) is 26.9. The molecule has 1 aromatic carbocycles. The summed E-state index contributed by atoms with van der Waals surface area (Å²) in [7, 11) is 1.50. The van der Waals surface area contributed by atoms with Gasteiger partial charge in [0, 0.05) is 31.1 Å². The van der Waals surface area contributed by atoms with Gasteiger partial charge in [-0.3, -0.25) is 4.79 Å². The van der Waals surface area contributed by atoms with Crippen LogP contribution in [0.2, 0.25) is 0 Å². The molecule has 2 heterocycles. The van der Waals surface area contributed by atoms with Crippen molar-refractivity contribution in [3.63, 3.8) is 0 Å². The second-order valence-electron chi connectivity index (χ2n) is 6.39. The van der Waals surface area contributed by atoms with E-state index in [1.807, 2.05) is 6.92 Å². The van der Waals surface area contributed by atoms with Gasteiger partial charge in [0.25, 0.3) is 5.91 Å². The van der Waals surface area contributed by atoms with E-state index >= 15 is 0 Å². The number of carbonyl (C=O) groups is 1. The third kappa shape index (κ3) is 3.26. The molecule has 0 saturated carbocycles. The van der Waals surface area contributed by atoms with Crippen LogP contribution in [-0.2, 0) is 6.42 Å². The van der Waals surface area contributed by atoms with E-state index in [4.69, 9.17) is 9.15 Å². The molecule has 0 aliphatic carbocycles. The molecule has 1 saturated heterocycles. The van der Waals surface area contributed by atoms with Gasteiger partial charge in [-0.15, -0.1) is 0 Å². The number of fused-ring (bicyclic) bond motifs is 1. The highest BCUT2D eigenvalue weighted by molar-refractivity contribution is 6.08. The highest BCUT2D eigenvalue weighted by atomic mass is 16.5. The van der Waals surface area contributed by atoms with E-state index in [1.165, 1.54) is 13.2 Å². The monoisotopic (exact) mass is 345 g/mol. The van der Waals surface area contributed by atoms with Crippen molar-refractivity contribution < 1.29 is 19.1 Å². The molecule has 3 rings (SSSR count). The van der Waals surface area contributed by atoms with Gasteiger partial charge in [-0.2, -0.15) is 0 Å². The highest BCUT2D eigenvalue weighted by Crippen LogP contribution is 2.34. The summed E-state index contributed by atoms with van der Waals surface area (Å²) in [5.74, 6) is 0.232. The minimum Gasteiger partial charge on any atom is -0.496 e. The van der Waals surface area contributed by atoms with Gasteiger partial charge >= 0.3 is 5.63 Å². The van der Waals surface area contributed by atoms with Crippen LogP contribution in [-0.4, -0.2) is 42.7 Å². The Morgan fingerprint density at radius 3 is 2.64 bits per heavy atom. The maximum atomic E-state index is 13.1. The lowest BCUT2D eigenvalue weighted by Gasteiger charge is -2.27. The van der Waals surface area contributed by atoms with Gasteiger partial charge in [-0.25, -0.2) is 4.79 Å². The van der Waals surface area contributed by atoms with Gasteiger partial charge < -0.3 is 19.2 Å². The molecule has 6 heteroatoms. The molecule has 0 spiro atoms. The molecule has 2 aromatic rings. The molecule has 6 nitrogen and oxygen atoms in total. The Bertz CT molecular complexity index is 849. The minimum absolute atomic E-state index is 0.0839. The number of piperidine rings is 1. The van der Waals surface area contributed by atoms with E-state index in [-0.39, 0.29) is 18.1 Å². The lowest BCUT2D eigenvalue weighted by atomic mass is 9.97. The Labute approximate surface area is 146 Å². The molecular formula is C19H23NO5. The zero-order chi connectivity index (χ0) is 18.0. The summed E-state index contributed by atoms with van der Waals surface area (Å²) in [5.41, 5.74) is 1.54. The van der Waals surface area contributed by atoms with E-state index in [2.05, 4.69) is 0 Å². The van der Waals surface area contributed by atoms with Crippen molar-refractivity contribution >= 4 is 16.9 Å². The van der Waals surface area contributed by atoms with Crippen LogP contribution in [0.25, 0.3) is 11.0 Å². The Hall–Kier alpha value is -2.34. The SMILES string of the molecule is COc1cc(C)c2c(CCO)cc(=O)oc2c1C(=O)N1CCCCC1. The molecular weight excluding hydrogens is 322 g/mol. The molecule has 25 heavy (non-hydrogen) atoms. The highest BCUT2D eigenvalue weighted by Gasteiger charge is 2.27. The zero-order valence-corrected chi connectivity index (χ0v) is 14.6. The second-order valence-corrected chi connectivity index (χ2v) is 6.39. The van der Waals surface area contributed by atoms with Crippen LogP contribution < -0.4 is 10.4 Å². The zero-order valence-electron chi connectivity index (χ0n) is 14.6. The molecule has 1 aliphatic heterocycles. The second kappa shape index (κ2) is 7.27. The molecule has 1 aromatic heterocycles. The first-order chi connectivity index (χ1) is 12.1. The van der Waals surface area contributed by atoms with Crippen molar-refractivity contribution in [1.82, 2.24) is 4.90 Å². The van der Waals surface area contributed by atoms with Crippen LogP contribution in [0, 0.1) is 6.92 Å². The van der Waals surface area contributed by atoms with Crippen molar-refractivity contribution in [2.45, 2.75) is 32.6 Å². The number of aliphatic hydroxyl groups is 1. The van der Waals surface area contributed by atoms with E-state index in [0.29, 0.717) is 41.8 Å². The van der Waals surface area contributed by atoms with Crippen LogP contribution in [0.15, 0.2) is 21.3 Å². The van der Waals surface area contributed by atoms with Crippen LogP contribution in [0.1, 0.15) is 40.7 Å². The number of rotatable bonds is 4. The van der Waals surface area contributed by atoms with Crippen molar-refractivity contribution in [3.8, 4) is 5.75 Å². The Balaban J connectivity index is 2.26. The maximum absolute atomic E-state index is 13.1. The lowest BCUT2D eigenvalue weighted by Crippen LogP contribution is -2.36. The lowest BCUT2D eigenvalue weighted by molar-refractivity contribution is 0.0721. The fourth-order valence-corrected chi connectivity index (χ4v) is 3.54. The Morgan fingerprint density at radius 2 is 2.00 bits per heavy atom. The van der Waals surface area contributed by atoms with Crippen LogP contribution in [0.4, 0.5) is 0 Å². The summed E-state index contributed by atoms with van der Waals surface area (Å²) in [5, 5.41) is 10.0. The number of ether oxygens (including phenoxy) is 1. The number of hydrogen-bond acceptors (Lipinski definition) is 5. The van der Waals surface area contributed by atoms with Crippen molar-refractivity contribution in [3.05, 3.63) is 39.2 Å². The first-order valence-electron chi connectivity index (χ1n) is 8.61. The smallest absolute Gasteiger partial charge is 0.336 e. The molecule has 0 bridgehead atoms. The number of carbonyl (C=O) groups excluding carboxylic acids is 1. The largest absolute Gasteiger partial charge is 0.496 e. The number of amides is 1. The van der Waals surface area contributed by atoms with Crippen LogP contribution in [0.3, 0.4) is 0 Å². The van der Waals surface area contributed by atoms with Gasteiger partial charge in [-0.05, 0) is 49.8 Å². The van der Waals surface area contributed by atoms with Crippen LogP contribution in [0.5, 0.6) is 5.75 Å². The summed E-state index contributed by atoms with van der Waals surface area (Å²) < 4.78 is 10.9. The molecule has 1 amide bonds. The fraction of sp³-hybridized carbons (Fsp3) is 0.474. The van der Waals surface area contributed by atoms with Crippen molar-refractivity contribution in [2.75, 3.05) is 26.8 Å². The van der Waals surface area contributed by atoms with Gasteiger partial charge in [0.1, 0.15) is 11.3 Å². The normalized spacial score (nSPS) is 14.8. The minimum atomic E-state index is -0.531. The average molecular weight is 345 g/mol. The quantitative estimate of drug-likeness (QED) is 0.860. The van der Waals surface area contributed by atoms with E-state index in [1.54, 1.807) is 11.0 Å². The van der Waals surface area contributed by atoms with Crippen LogP contribution >= 0.6 is 0 Å². The summed E-state index contributed by atoms with van der Waals surface area (Å²) in [6, 6.07) is 3.17. The van der Waals surface area contributed by atoms with Gasteiger partial charge in [0.05, 0.1) is 7.11 Å².